The van der Waals surface area contributed by atoms with Crippen LogP contribution in [0.1, 0.15) is 62.9 Å². The van der Waals surface area contributed by atoms with Crippen LogP contribution in [0.4, 0.5) is 0 Å². The lowest BCUT2D eigenvalue weighted by atomic mass is 10.0. The van der Waals surface area contributed by atoms with Crippen molar-refractivity contribution >= 4 is 17.7 Å². The van der Waals surface area contributed by atoms with Crippen molar-refractivity contribution in [3.05, 3.63) is 107 Å². The van der Waals surface area contributed by atoms with Gasteiger partial charge in [-0.3, -0.25) is 19.3 Å². The number of aliphatic hydroxyl groups excluding tert-OH is 1. The third-order valence-electron chi connectivity index (χ3n) is 8.08. The Labute approximate surface area is 280 Å². The molecule has 2 bridgehead atoms. The lowest BCUT2D eigenvalue weighted by molar-refractivity contribution is -0.134. The first-order valence-electron chi connectivity index (χ1n) is 16.8. The zero-order valence-electron chi connectivity index (χ0n) is 28.6. The third-order valence-corrected chi connectivity index (χ3v) is 8.08. The molecule has 5 rings (SSSR count). The molecule has 0 spiro atoms. The van der Waals surface area contributed by atoms with Gasteiger partial charge >= 0.3 is 0 Å². The van der Waals surface area contributed by atoms with E-state index in [4.69, 9.17) is 4.74 Å². The molecule has 254 valence electrons. The van der Waals surface area contributed by atoms with Gasteiger partial charge in [0.25, 0.3) is 11.8 Å². The highest BCUT2D eigenvalue weighted by Gasteiger charge is 2.31. The predicted octanol–water partition coefficient (Wildman–Crippen LogP) is 5.24. The van der Waals surface area contributed by atoms with Crippen LogP contribution in [-0.4, -0.2) is 101 Å². The lowest BCUT2D eigenvalue weighted by Crippen LogP contribution is -2.47. The van der Waals surface area contributed by atoms with Crippen LogP contribution in [0.15, 0.2) is 96.3 Å². The van der Waals surface area contributed by atoms with Gasteiger partial charge in [-0.1, -0.05) is 74.9 Å². The van der Waals surface area contributed by atoms with Gasteiger partial charge in [-0.05, 0) is 43.2 Å². The molecule has 2 saturated heterocycles. The van der Waals surface area contributed by atoms with E-state index in [1.165, 1.54) is 0 Å². The molecule has 1 unspecified atom stereocenters. The van der Waals surface area contributed by atoms with Gasteiger partial charge in [-0.25, -0.2) is 0 Å². The Hall–Kier alpha value is -4.05. The van der Waals surface area contributed by atoms with E-state index in [1.54, 1.807) is 37.8 Å². The second-order valence-electron chi connectivity index (χ2n) is 11.4. The number of rotatable bonds is 8. The van der Waals surface area contributed by atoms with Crippen molar-refractivity contribution in [2.24, 2.45) is 0 Å². The zero-order valence-corrected chi connectivity index (χ0v) is 28.6. The fourth-order valence-electron chi connectivity index (χ4n) is 5.57. The molecule has 47 heavy (non-hydrogen) atoms. The number of benzene rings is 1. The molecule has 3 aliphatic heterocycles. The number of amides is 3. The van der Waals surface area contributed by atoms with Crippen molar-refractivity contribution in [3.63, 3.8) is 0 Å². The normalized spacial score (nSPS) is 18.8. The number of ether oxygens (including phenoxy) is 1. The van der Waals surface area contributed by atoms with E-state index in [-0.39, 0.29) is 30.8 Å². The van der Waals surface area contributed by atoms with Crippen LogP contribution in [0.5, 0.6) is 0 Å². The van der Waals surface area contributed by atoms with Gasteiger partial charge in [0.05, 0.1) is 26.3 Å². The van der Waals surface area contributed by atoms with E-state index in [0.717, 1.165) is 23.3 Å². The van der Waals surface area contributed by atoms with Gasteiger partial charge in [0.1, 0.15) is 6.23 Å². The SMILES string of the molecule is C/C=C/CC.C=CCC(O)N1CC(=O)N(Cc2ccc(C(=O)N3CC=CC3)cc2)C2=CC(C(=O)N3CCOCC3)=CC=C(C2)C1.CC. The molecule has 1 aromatic rings. The van der Waals surface area contributed by atoms with Crippen molar-refractivity contribution in [1.29, 1.82) is 0 Å². The first-order chi connectivity index (χ1) is 22.8. The molecule has 9 nitrogen and oxygen atoms in total. The molecular weight excluding hydrogens is 592 g/mol. The number of allylic oxidation sites excluding steroid dienone is 5. The third kappa shape index (κ3) is 10.7. The number of carbonyl (C=O) groups excluding carboxylic acids is 3. The summed E-state index contributed by atoms with van der Waals surface area (Å²) in [5, 5.41) is 10.7. The van der Waals surface area contributed by atoms with E-state index in [0.29, 0.717) is 69.9 Å². The minimum absolute atomic E-state index is 0.0228. The molecule has 1 aromatic carbocycles. The Morgan fingerprint density at radius 2 is 1.68 bits per heavy atom. The highest BCUT2D eigenvalue weighted by Crippen LogP contribution is 2.28. The maximum Gasteiger partial charge on any atom is 0.254 e. The molecule has 0 aromatic heterocycles. The summed E-state index contributed by atoms with van der Waals surface area (Å²) in [6.45, 7) is 15.9. The topological polar surface area (TPSA) is 93.6 Å². The summed E-state index contributed by atoms with van der Waals surface area (Å²) < 4.78 is 5.41. The summed E-state index contributed by atoms with van der Waals surface area (Å²) in [4.78, 5) is 46.9. The fraction of sp³-hybridized carbons (Fsp3) is 0.447. The summed E-state index contributed by atoms with van der Waals surface area (Å²) in [5.41, 5.74) is 3.72. The number of hydrogen-bond acceptors (Lipinski definition) is 6. The molecule has 4 aliphatic rings. The van der Waals surface area contributed by atoms with Gasteiger partial charge in [-0.2, -0.15) is 0 Å². The number of morpholine rings is 1. The van der Waals surface area contributed by atoms with Gasteiger partial charge in [0.2, 0.25) is 5.91 Å². The van der Waals surface area contributed by atoms with Crippen LogP contribution in [0.3, 0.4) is 0 Å². The summed E-state index contributed by atoms with van der Waals surface area (Å²) in [6.07, 6.45) is 16.5. The van der Waals surface area contributed by atoms with Gasteiger partial charge in [-0.15, -0.1) is 6.58 Å². The molecule has 1 atom stereocenters. The van der Waals surface area contributed by atoms with Crippen LogP contribution < -0.4 is 0 Å². The van der Waals surface area contributed by atoms with Crippen molar-refractivity contribution in [3.8, 4) is 0 Å². The van der Waals surface area contributed by atoms with Crippen LogP contribution >= 0.6 is 0 Å². The zero-order chi connectivity index (χ0) is 34.2. The van der Waals surface area contributed by atoms with Gasteiger partial charge < -0.3 is 24.5 Å². The number of fused-ring (bicyclic) bond motifs is 2. The average molecular weight is 645 g/mol. The number of nitrogens with zero attached hydrogens (tertiary/aromatic N) is 4. The molecule has 0 saturated carbocycles. The number of carbonyl (C=O) groups is 3. The Balaban J connectivity index is 0.000000784. The van der Waals surface area contributed by atoms with Crippen LogP contribution in [0.2, 0.25) is 0 Å². The molecule has 9 heteroatoms. The van der Waals surface area contributed by atoms with Gasteiger partial charge in [0.15, 0.2) is 0 Å². The highest BCUT2D eigenvalue weighted by molar-refractivity contribution is 5.97. The molecular formula is C38H52N4O5. The summed E-state index contributed by atoms with van der Waals surface area (Å²) in [7, 11) is 0. The summed E-state index contributed by atoms with van der Waals surface area (Å²) in [6, 6.07) is 7.34. The largest absolute Gasteiger partial charge is 0.378 e. The van der Waals surface area contributed by atoms with Crippen LogP contribution in [0.25, 0.3) is 0 Å². The van der Waals surface area contributed by atoms with Gasteiger partial charge in [0, 0.05) is 62.4 Å². The van der Waals surface area contributed by atoms with Crippen molar-refractivity contribution in [2.45, 2.75) is 59.7 Å². The standard InChI is InChI=1S/C31H36N4O5.C5H10.C2H6/c1-2-5-28(36)34-20-24-8-11-26(31(39)33-14-16-40-17-15-33)19-27(18-24)35(29(37)22-34)21-23-6-9-25(10-7-23)30(38)32-12-3-4-13-32;1-3-5-4-2;1-2/h2-4,6-11,19,28,36H,1,5,12-18,20-22H2;3,5H,4H2,1-2H3;1-2H3/b;5-3+;. The van der Waals surface area contributed by atoms with Crippen molar-refractivity contribution < 1.29 is 24.2 Å². The molecule has 3 heterocycles. The first kappa shape index (κ1) is 37.4. The lowest BCUT2D eigenvalue weighted by Gasteiger charge is -2.35. The highest BCUT2D eigenvalue weighted by atomic mass is 16.5. The van der Waals surface area contributed by atoms with E-state index >= 15 is 0 Å². The summed E-state index contributed by atoms with van der Waals surface area (Å²) in [5.74, 6) is -0.284. The Bertz CT molecular complexity index is 1360. The molecule has 3 amide bonds. The molecule has 2 fully saturated rings. The van der Waals surface area contributed by atoms with Crippen molar-refractivity contribution in [1.82, 2.24) is 19.6 Å². The Morgan fingerprint density at radius 1 is 1.00 bits per heavy atom. The average Bonchev–Trinajstić information content (AvgIpc) is 3.56. The van der Waals surface area contributed by atoms with E-state index in [1.807, 2.05) is 63.3 Å². The second kappa shape index (κ2) is 19.6. The maximum atomic E-state index is 13.7. The Kier molecular flexibility index (Phi) is 15.6. The minimum atomic E-state index is -0.846. The molecule has 0 radical (unpaired) electrons. The van der Waals surface area contributed by atoms with E-state index < -0.39 is 6.23 Å². The summed E-state index contributed by atoms with van der Waals surface area (Å²) >= 11 is 0. The van der Waals surface area contributed by atoms with E-state index in [9.17, 15) is 19.5 Å². The maximum absolute atomic E-state index is 13.7. The molecule has 1 aliphatic carbocycles. The fourth-order valence-corrected chi connectivity index (χ4v) is 5.57. The Morgan fingerprint density at radius 3 is 2.28 bits per heavy atom. The quantitative estimate of drug-likeness (QED) is 0.390. The van der Waals surface area contributed by atoms with Crippen LogP contribution in [0, 0.1) is 0 Å². The number of aliphatic hydroxyl groups is 1. The minimum Gasteiger partial charge on any atom is -0.378 e. The van der Waals surface area contributed by atoms with Crippen molar-refractivity contribution in [2.75, 3.05) is 52.5 Å². The predicted molar refractivity (Wildman–Crippen MR) is 187 cm³/mol. The molecule has 1 N–H and O–H groups in total. The van der Waals surface area contributed by atoms with E-state index in [2.05, 4.69) is 25.7 Å². The number of hydrogen-bond donors (Lipinski definition) is 1. The smallest absolute Gasteiger partial charge is 0.254 e. The first-order valence-corrected chi connectivity index (χ1v) is 16.8. The monoisotopic (exact) mass is 644 g/mol. The second-order valence-corrected chi connectivity index (χ2v) is 11.4. The van der Waals surface area contributed by atoms with Crippen LogP contribution in [-0.2, 0) is 20.9 Å².